The van der Waals surface area contributed by atoms with E-state index in [1.165, 1.54) is 6.42 Å². The van der Waals surface area contributed by atoms with E-state index in [1.54, 1.807) is 0 Å². The van der Waals surface area contributed by atoms with Crippen LogP contribution < -0.4 is 0 Å². The van der Waals surface area contributed by atoms with Crippen LogP contribution in [-0.4, -0.2) is 30.7 Å². The Kier molecular flexibility index (Phi) is 5.19. The lowest BCUT2D eigenvalue weighted by Gasteiger charge is -2.35. The minimum Gasteiger partial charge on any atom is -0.378 e. The Balaban J connectivity index is 1.86. The fourth-order valence-corrected chi connectivity index (χ4v) is 3.29. The molecule has 2 fully saturated rings. The molecule has 3 heteroatoms. The van der Waals surface area contributed by atoms with Crippen molar-refractivity contribution in [3.63, 3.8) is 0 Å². The summed E-state index contributed by atoms with van der Waals surface area (Å²) in [6, 6.07) is 0. The van der Waals surface area contributed by atoms with Crippen molar-refractivity contribution < 1.29 is 14.3 Å². The Morgan fingerprint density at radius 2 is 2.06 bits per heavy atom. The van der Waals surface area contributed by atoms with E-state index in [1.807, 2.05) is 6.92 Å². The van der Waals surface area contributed by atoms with Crippen LogP contribution in [-0.2, 0) is 14.3 Å². The third-order valence-corrected chi connectivity index (χ3v) is 4.31. The maximum atomic E-state index is 12.5. The normalized spacial score (nSPS) is 27.3. The highest BCUT2D eigenvalue weighted by molar-refractivity contribution is 5.87. The number of Topliss-reactive ketones (excluding diaryl/α,β-unsaturated/α-hetero) is 1. The maximum Gasteiger partial charge on any atom is 0.164 e. The van der Waals surface area contributed by atoms with Crippen LogP contribution in [0.3, 0.4) is 0 Å². The van der Waals surface area contributed by atoms with Gasteiger partial charge in [-0.25, -0.2) is 0 Å². The highest BCUT2D eigenvalue weighted by atomic mass is 16.5. The number of ketones is 1. The minimum atomic E-state index is -0.453. The summed E-state index contributed by atoms with van der Waals surface area (Å²) in [6.07, 6.45) is 9.45. The Hall–Kier alpha value is -0.410. The van der Waals surface area contributed by atoms with Crippen LogP contribution in [0, 0.1) is 0 Å². The van der Waals surface area contributed by atoms with Gasteiger partial charge in [0.15, 0.2) is 5.78 Å². The molecule has 0 spiro atoms. The van der Waals surface area contributed by atoms with E-state index in [0.717, 1.165) is 51.6 Å². The van der Waals surface area contributed by atoms with Crippen molar-refractivity contribution in [1.82, 2.24) is 0 Å². The molecule has 3 nitrogen and oxygen atoms in total. The SMILES string of the molecule is CCOC1(C(=O)CCC2CCCO2)CCCCC1. The quantitative estimate of drug-likeness (QED) is 0.730. The Morgan fingerprint density at radius 3 is 2.67 bits per heavy atom. The summed E-state index contributed by atoms with van der Waals surface area (Å²) in [5, 5.41) is 0. The van der Waals surface area contributed by atoms with Gasteiger partial charge in [0.05, 0.1) is 6.10 Å². The molecule has 0 amide bonds. The first-order valence-corrected chi connectivity index (χ1v) is 7.56. The minimum absolute atomic E-state index is 0.316. The number of carbonyl (C=O) groups excluding carboxylic acids is 1. The second kappa shape index (κ2) is 6.67. The third kappa shape index (κ3) is 3.33. The fraction of sp³-hybridized carbons (Fsp3) is 0.933. The zero-order valence-electron chi connectivity index (χ0n) is 11.6. The summed E-state index contributed by atoms with van der Waals surface area (Å²) in [6.45, 7) is 3.50. The molecule has 0 aromatic carbocycles. The summed E-state index contributed by atoms with van der Waals surface area (Å²) in [5.74, 6) is 0.319. The molecule has 2 aliphatic rings. The molecular formula is C15H26O3. The molecule has 0 aromatic heterocycles. The van der Waals surface area contributed by atoms with Gasteiger partial charge in [-0.2, -0.15) is 0 Å². The van der Waals surface area contributed by atoms with Gasteiger partial charge in [-0.15, -0.1) is 0 Å². The standard InChI is InChI=1S/C15H26O3/c1-2-18-15(10-4-3-5-11-15)14(16)9-8-13-7-6-12-17-13/h13H,2-12H2,1H3. The molecule has 1 saturated heterocycles. The highest BCUT2D eigenvalue weighted by Gasteiger charge is 2.39. The van der Waals surface area contributed by atoms with Gasteiger partial charge in [0.1, 0.15) is 5.60 Å². The average Bonchev–Trinajstić information content (AvgIpc) is 2.90. The topological polar surface area (TPSA) is 35.5 Å². The lowest BCUT2D eigenvalue weighted by atomic mass is 9.80. The number of rotatable bonds is 6. The van der Waals surface area contributed by atoms with Crippen molar-refractivity contribution >= 4 is 5.78 Å². The van der Waals surface area contributed by atoms with Gasteiger partial charge < -0.3 is 9.47 Å². The van der Waals surface area contributed by atoms with E-state index in [4.69, 9.17) is 9.47 Å². The molecule has 0 aromatic rings. The molecule has 1 heterocycles. The first-order chi connectivity index (χ1) is 8.77. The molecule has 0 N–H and O–H groups in total. The van der Waals surface area contributed by atoms with Crippen LogP contribution in [0.5, 0.6) is 0 Å². The van der Waals surface area contributed by atoms with E-state index >= 15 is 0 Å². The van der Waals surface area contributed by atoms with Gasteiger partial charge in [-0.1, -0.05) is 19.3 Å². The predicted molar refractivity (Wildman–Crippen MR) is 70.7 cm³/mol. The van der Waals surface area contributed by atoms with Crippen molar-refractivity contribution in [3.8, 4) is 0 Å². The number of ether oxygens (including phenoxy) is 2. The molecule has 2 rings (SSSR count). The fourth-order valence-electron chi connectivity index (χ4n) is 3.29. The van der Waals surface area contributed by atoms with E-state index < -0.39 is 5.60 Å². The van der Waals surface area contributed by atoms with Crippen molar-refractivity contribution in [1.29, 1.82) is 0 Å². The molecular weight excluding hydrogens is 228 g/mol. The lowest BCUT2D eigenvalue weighted by molar-refractivity contribution is -0.149. The smallest absolute Gasteiger partial charge is 0.164 e. The monoisotopic (exact) mass is 254 g/mol. The zero-order valence-corrected chi connectivity index (χ0v) is 11.6. The molecule has 1 aliphatic heterocycles. The molecule has 104 valence electrons. The van der Waals surface area contributed by atoms with Crippen molar-refractivity contribution in [2.45, 2.75) is 76.4 Å². The second-order valence-electron chi connectivity index (χ2n) is 5.58. The molecule has 1 unspecified atom stereocenters. The van der Waals surface area contributed by atoms with E-state index in [2.05, 4.69) is 0 Å². The van der Waals surface area contributed by atoms with Crippen molar-refractivity contribution in [2.75, 3.05) is 13.2 Å². The third-order valence-electron chi connectivity index (χ3n) is 4.31. The van der Waals surface area contributed by atoms with Gasteiger partial charge in [0.2, 0.25) is 0 Å². The molecule has 1 atom stereocenters. The van der Waals surface area contributed by atoms with Crippen molar-refractivity contribution in [2.24, 2.45) is 0 Å². The summed E-state index contributed by atoms with van der Waals surface area (Å²) >= 11 is 0. The van der Waals surface area contributed by atoms with Crippen LogP contribution in [0.1, 0.15) is 64.7 Å². The van der Waals surface area contributed by atoms with Crippen LogP contribution >= 0.6 is 0 Å². The second-order valence-corrected chi connectivity index (χ2v) is 5.58. The van der Waals surface area contributed by atoms with Crippen LogP contribution in [0.4, 0.5) is 0 Å². The van der Waals surface area contributed by atoms with Gasteiger partial charge in [-0.05, 0) is 39.0 Å². The number of carbonyl (C=O) groups is 1. The van der Waals surface area contributed by atoms with Crippen LogP contribution in [0.25, 0.3) is 0 Å². The largest absolute Gasteiger partial charge is 0.378 e. The Labute approximate surface area is 110 Å². The molecule has 0 radical (unpaired) electrons. The summed E-state index contributed by atoms with van der Waals surface area (Å²) in [7, 11) is 0. The van der Waals surface area contributed by atoms with E-state index in [9.17, 15) is 4.79 Å². The average molecular weight is 254 g/mol. The lowest BCUT2D eigenvalue weighted by Crippen LogP contribution is -2.43. The first kappa shape index (κ1) is 14.0. The molecule has 1 aliphatic carbocycles. The van der Waals surface area contributed by atoms with Crippen LogP contribution in [0.2, 0.25) is 0 Å². The number of hydrogen-bond donors (Lipinski definition) is 0. The van der Waals surface area contributed by atoms with Gasteiger partial charge in [0.25, 0.3) is 0 Å². The van der Waals surface area contributed by atoms with E-state index in [-0.39, 0.29) is 0 Å². The van der Waals surface area contributed by atoms with Crippen molar-refractivity contribution in [3.05, 3.63) is 0 Å². The highest BCUT2D eigenvalue weighted by Crippen LogP contribution is 2.34. The molecule has 1 saturated carbocycles. The first-order valence-electron chi connectivity index (χ1n) is 7.56. The van der Waals surface area contributed by atoms with Gasteiger partial charge in [0, 0.05) is 19.6 Å². The van der Waals surface area contributed by atoms with E-state index in [0.29, 0.717) is 24.9 Å². The summed E-state index contributed by atoms with van der Waals surface area (Å²) < 4.78 is 11.4. The molecule has 18 heavy (non-hydrogen) atoms. The maximum absolute atomic E-state index is 12.5. The number of hydrogen-bond acceptors (Lipinski definition) is 3. The predicted octanol–water partition coefficient (Wildman–Crippen LogP) is 3.25. The van der Waals surface area contributed by atoms with Gasteiger partial charge in [-0.3, -0.25) is 4.79 Å². The zero-order chi connectivity index (χ0) is 12.8. The van der Waals surface area contributed by atoms with Gasteiger partial charge >= 0.3 is 0 Å². The summed E-state index contributed by atoms with van der Waals surface area (Å²) in [4.78, 5) is 12.5. The Morgan fingerprint density at radius 1 is 1.28 bits per heavy atom. The Bertz CT molecular complexity index is 257. The molecule has 0 bridgehead atoms. The van der Waals surface area contributed by atoms with Crippen LogP contribution in [0.15, 0.2) is 0 Å². The summed E-state index contributed by atoms with van der Waals surface area (Å²) in [5.41, 5.74) is -0.453.